The Morgan fingerprint density at radius 2 is 1.82 bits per heavy atom. The van der Waals surface area contributed by atoms with Crippen molar-refractivity contribution in [1.82, 2.24) is 15.3 Å². The summed E-state index contributed by atoms with van der Waals surface area (Å²) in [5, 5.41) is 12.4. The first-order valence-electron chi connectivity index (χ1n) is 10.9. The van der Waals surface area contributed by atoms with E-state index in [0.717, 1.165) is 19.4 Å². The van der Waals surface area contributed by atoms with Gasteiger partial charge in [0.15, 0.2) is 11.6 Å². The number of ether oxygens (including phenoxy) is 2. The average molecular weight is 466 g/mol. The van der Waals surface area contributed by atoms with Crippen molar-refractivity contribution in [2.24, 2.45) is 0 Å². The molecule has 2 heterocycles. The Balaban J connectivity index is 1.93. The lowest BCUT2D eigenvalue weighted by molar-refractivity contribution is 0.386. The van der Waals surface area contributed by atoms with E-state index in [2.05, 4.69) is 15.2 Å². The standard InChI is InChI=1S/C25H25F2N5O2/c1-29-18-5-4-10-32(14-18)25-30-23(16-6-7-17(13-28)19(26)12-16)22(24(31-25)34-3)15-8-9-21(33-2)20(27)11-15/h6-9,11-12,18,29H,4-5,10,14H2,1-3H3. The second-order valence-electron chi connectivity index (χ2n) is 7.99. The van der Waals surface area contributed by atoms with Crippen LogP contribution in [0.4, 0.5) is 14.7 Å². The zero-order valence-corrected chi connectivity index (χ0v) is 19.2. The number of anilines is 1. The van der Waals surface area contributed by atoms with Crippen molar-refractivity contribution in [2.75, 3.05) is 39.3 Å². The highest BCUT2D eigenvalue weighted by Gasteiger charge is 2.26. The summed E-state index contributed by atoms with van der Waals surface area (Å²) in [4.78, 5) is 11.5. The predicted molar refractivity (Wildman–Crippen MR) is 125 cm³/mol. The number of hydrogen-bond donors (Lipinski definition) is 1. The molecule has 176 valence electrons. The van der Waals surface area contributed by atoms with E-state index in [1.807, 2.05) is 13.1 Å². The molecule has 7 nitrogen and oxygen atoms in total. The fourth-order valence-electron chi connectivity index (χ4n) is 4.16. The van der Waals surface area contributed by atoms with Crippen LogP contribution in [-0.2, 0) is 0 Å². The van der Waals surface area contributed by atoms with Crippen molar-refractivity contribution in [3.05, 3.63) is 53.6 Å². The van der Waals surface area contributed by atoms with Gasteiger partial charge in [0.25, 0.3) is 0 Å². The largest absolute Gasteiger partial charge is 0.494 e. The summed E-state index contributed by atoms with van der Waals surface area (Å²) >= 11 is 0. The van der Waals surface area contributed by atoms with Crippen LogP contribution in [0, 0.1) is 23.0 Å². The van der Waals surface area contributed by atoms with Crippen LogP contribution in [0.3, 0.4) is 0 Å². The minimum Gasteiger partial charge on any atom is -0.494 e. The lowest BCUT2D eigenvalue weighted by Gasteiger charge is -2.33. The number of halogens is 2. The number of likely N-dealkylation sites (N-methyl/N-ethyl adjacent to an activating group) is 1. The van der Waals surface area contributed by atoms with E-state index in [9.17, 15) is 8.78 Å². The molecule has 0 amide bonds. The molecule has 1 atom stereocenters. The molecule has 1 N–H and O–H groups in total. The van der Waals surface area contributed by atoms with Crippen LogP contribution in [0.5, 0.6) is 11.6 Å². The molecular weight excluding hydrogens is 440 g/mol. The minimum atomic E-state index is -0.667. The van der Waals surface area contributed by atoms with Crippen LogP contribution >= 0.6 is 0 Å². The first-order valence-corrected chi connectivity index (χ1v) is 10.9. The summed E-state index contributed by atoms with van der Waals surface area (Å²) in [5.41, 5.74) is 1.59. The Morgan fingerprint density at radius 3 is 2.47 bits per heavy atom. The van der Waals surface area contributed by atoms with Crippen LogP contribution < -0.4 is 19.7 Å². The van der Waals surface area contributed by atoms with Gasteiger partial charge in [-0.1, -0.05) is 12.1 Å². The first kappa shape index (κ1) is 23.4. The highest BCUT2D eigenvalue weighted by Crippen LogP contribution is 2.40. The maximum Gasteiger partial charge on any atom is 0.229 e. The van der Waals surface area contributed by atoms with Gasteiger partial charge in [-0.3, -0.25) is 0 Å². The molecule has 0 radical (unpaired) electrons. The fourth-order valence-corrected chi connectivity index (χ4v) is 4.16. The fraction of sp³-hybridized carbons (Fsp3) is 0.320. The van der Waals surface area contributed by atoms with Gasteiger partial charge in [0.05, 0.1) is 31.0 Å². The molecule has 4 rings (SSSR count). The number of benzene rings is 2. The van der Waals surface area contributed by atoms with Crippen LogP contribution in [0.25, 0.3) is 22.4 Å². The summed E-state index contributed by atoms with van der Waals surface area (Å²) in [6, 6.07) is 10.9. The molecule has 2 aromatic carbocycles. The highest BCUT2D eigenvalue weighted by molar-refractivity contribution is 5.85. The normalized spacial score (nSPS) is 15.6. The number of methoxy groups -OCH3 is 2. The molecule has 34 heavy (non-hydrogen) atoms. The van der Waals surface area contributed by atoms with Crippen molar-refractivity contribution in [3.8, 4) is 40.1 Å². The predicted octanol–water partition coefficient (Wildman–Crippen LogP) is 4.17. The molecule has 3 aromatic rings. The van der Waals surface area contributed by atoms with Gasteiger partial charge in [-0.25, -0.2) is 13.8 Å². The summed E-state index contributed by atoms with van der Waals surface area (Å²) in [6.45, 7) is 1.47. The molecule has 1 aliphatic rings. The van der Waals surface area contributed by atoms with E-state index in [4.69, 9.17) is 19.7 Å². The van der Waals surface area contributed by atoms with E-state index in [1.165, 1.54) is 38.5 Å². The molecule has 0 saturated carbocycles. The van der Waals surface area contributed by atoms with Gasteiger partial charge in [0.2, 0.25) is 11.8 Å². The summed E-state index contributed by atoms with van der Waals surface area (Å²) in [6.07, 6.45) is 2.00. The van der Waals surface area contributed by atoms with E-state index >= 15 is 0 Å². The van der Waals surface area contributed by atoms with E-state index in [0.29, 0.717) is 34.9 Å². The number of nitrogens with one attached hydrogen (secondary N) is 1. The third kappa shape index (κ3) is 4.50. The highest BCUT2D eigenvalue weighted by atomic mass is 19.1. The second kappa shape index (κ2) is 10.0. The van der Waals surface area contributed by atoms with E-state index in [1.54, 1.807) is 12.1 Å². The van der Waals surface area contributed by atoms with Crippen molar-refractivity contribution in [1.29, 1.82) is 5.26 Å². The van der Waals surface area contributed by atoms with Crippen molar-refractivity contribution in [2.45, 2.75) is 18.9 Å². The molecule has 1 aliphatic heterocycles. The third-order valence-corrected chi connectivity index (χ3v) is 5.97. The first-order chi connectivity index (χ1) is 16.5. The Kier molecular flexibility index (Phi) is 6.89. The topological polar surface area (TPSA) is 83.3 Å². The smallest absolute Gasteiger partial charge is 0.229 e. The van der Waals surface area contributed by atoms with Crippen LogP contribution in [0.2, 0.25) is 0 Å². The van der Waals surface area contributed by atoms with Crippen LogP contribution in [-0.4, -0.2) is 50.4 Å². The second-order valence-corrected chi connectivity index (χ2v) is 7.99. The van der Waals surface area contributed by atoms with Gasteiger partial charge >= 0.3 is 0 Å². The van der Waals surface area contributed by atoms with Gasteiger partial charge < -0.3 is 19.7 Å². The monoisotopic (exact) mass is 465 g/mol. The molecule has 1 fully saturated rings. The number of hydrogen-bond acceptors (Lipinski definition) is 7. The Bertz CT molecular complexity index is 1240. The number of piperidine rings is 1. The Morgan fingerprint density at radius 1 is 1.06 bits per heavy atom. The Hall–Kier alpha value is -3.77. The van der Waals surface area contributed by atoms with Crippen molar-refractivity contribution < 1.29 is 18.3 Å². The summed E-state index contributed by atoms with van der Waals surface area (Å²) < 4.78 is 39.8. The minimum absolute atomic E-state index is 0.0741. The van der Waals surface area contributed by atoms with Crippen LogP contribution in [0.1, 0.15) is 18.4 Å². The van der Waals surface area contributed by atoms with E-state index in [-0.39, 0.29) is 23.2 Å². The lowest BCUT2D eigenvalue weighted by Crippen LogP contribution is -2.45. The third-order valence-electron chi connectivity index (χ3n) is 5.97. The molecule has 9 heteroatoms. The van der Waals surface area contributed by atoms with Crippen molar-refractivity contribution >= 4 is 5.95 Å². The number of aromatic nitrogens is 2. The molecule has 1 aromatic heterocycles. The molecule has 0 aliphatic carbocycles. The summed E-state index contributed by atoms with van der Waals surface area (Å²) in [5.74, 6) is -0.456. The van der Waals surface area contributed by atoms with Gasteiger partial charge in [-0.2, -0.15) is 10.2 Å². The number of rotatable bonds is 6. The van der Waals surface area contributed by atoms with Gasteiger partial charge in [-0.05, 0) is 49.7 Å². The maximum atomic E-state index is 14.6. The van der Waals surface area contributed by atoms with Gasteiger partial charge in [0, 0.05) is 24.7 Å². The molecule has 0 bridgehead atoms. The quantitative estimate of drug-likeness (QED) is 0.585. The number of nitrogens with zero attached hydrogens (tertiary/aromatic N) is 4. The summed E-state index contributed by atoms with van der Waals surface area (Å²) in [7, 11) is 4.78. The average Bonchev–Trinajstić information content (AvgIpc) is 2.87. The SMILES string of the molecule is CNC1CCCN(c2nc(OC)c(-c3ccc(OC)c(F)c3)c(-c3ccc(C#N)c(F)c3)n2)C1. The van der Waals surface area contributed by atoms with Crippen molar-refractivity contribution in [3.63, 3.8) is 0 Å². The Labute approximate surface area is 197 Å². The zero-order chi connectivity index (χ0) is 24.2. The van der Waals surface area contributed by atoms with Gasteiger partial charge in [-0.15, -0.1) is 0 Å². The zero-order valence-electron chi connectivity index (χ0n) is 19.2. The maximum absolute atomic E-state index is 14.6. The molecular formula is C25H25F2N5O2. The van der Waals surface area contributed by atoms with Crippen LogP contribution in [0.15, 0.2) is 36.4 Å². The molecule has 1 unspecified atom stereocenters. The van der Waals surface area contributed by atoms with Gasteiger partial charge in [0.1, 0.15) is 11.9 Å². The number of nitriles is 1. The molecule has 1 saturated heterocycles. The molecule has 0 spiro atoms. The van der Waals surface area contributed by atoms with E-state index < -0.39 is 11.6 Å². The lowest BCUT2D eigenvalue weighted by atomic mass is 9.98.